The molecule has 0 bridgehead atoms. The normalized spacial score (nSPS) is 15.1. The van der Waals surface area contributed by atoms with E-state index in [1.54, 1.807) is 12.1 Å². The molecule has 0 amide bonds. The van der Waals surface area contributed by atoms with Crippen molar-refractivity contribution < 1.29 is 17.9 Å². The van der Waals surface area contributed by atoms with E-state index in [0.29, 0.717) is 19.7 Å². The Bertz CT molecular complexity index is 843. The second-order valence-corrected chi connectivity index (χ2v) is 8.30. The zero-order valence-corrected chi connectivity index (χ0v) is 15.5. The number of carbonyl (C=O) groups excluding carboxylic acids is 1. The van der Waals surface area contributed by atoms with Crippen LogP contribution in [0.2, 0.25) is 0 Å². The van der Waals surface area contributed by atoms with Crippen LogP contribution in [0.5, 0.6) is 0 Å². The van der Waals surface area contributed by atoms with E-state index in [1.165, 1.54) is 22.0 Å². The molecule has 0 aliphatic carbocycles. The van der Waals surface area contributed by atoms with Crippen molar-refractivity contribution in [3.63, 3.8) is 0 Å². The molecule has 1 saturated heterocycles. The monoisotopic (exact) mass is 373 g/mol. The number of rotatable bonds is 7. The van der Waals surface area contributed by atoms with Gasteiger partial charge in [0.15, 0.2) is 0 Å². The number of aryl methyl sites for hydroxylation is 1. The van der Waals surface area contributed by atoms with E-state index in [0.717, 1.165) is 25.7 Å². The van der Waals surface area contributed by atoms with Crippen molar-refractivity contribution in [3.8, 4) is 0 Å². The van der Waals surface area contributed by atoms with E-state index < -0.39 is 16.0 Å². The van der Waals surface area contributed by atoms with Crippen LogP contribution in [0.4, 0.5) is 0 Å². The summed E-state index contributed by atoms with van der Waals surface area (Å²) in [5, 5.41) is 0. The lowest BCUT2D eigenvalue weighted by Gasteiger charge is -2.15. The minimum absolute atomic E-state index is 0.151. The molecule has 0 radical (unpaired) electrons. The van der Waals surface area contributed by atoms with Crippen molar-refractivity contribution in [1.29, 1.82) is 0 Å². The first-order valence-corrected chi connectivity index (χ1v) is 10.3. The minimum Gasteiger partial charge on any atom is -0.462 e. The molecule has 0 saturated carbocycles. The highest BCUT2D eigenvalue weighted by atomic mass is 32.2. The molecule has 1 heterocycles. The number of hydrogen-bond donors (Lipinski definition) is 0. The molecule has 1 aliphatic rings. The zero-order chi connectivity index (χ0) is 18.4. The van der Waals surface area contributed by atoms with Gasteiger partial charge in [0.2, 0.25) is 10.0 Å². The standard InChI is InChI=1S/C20H23NO4S/c22-20(25-15-7-10-17-8-2-1-3-9-17)18-11-6-12-19(16-18)26(23,24)21-13-4-5-14-21/h1-3,6,8-9,11-12,16H,4-5,7,10,13-15H2. The van der Waals surface area contributed by atoms with Gasteiger partial charge in [-0.1, -0.05) is 36.4 Å². The SMILES string of the molecule is O=C(OCCCc1ccccc1)c1cccc(S(=O)(=O)N2CCCC2)c1. The Morgan fingerprint density at radius 3 is 2.46 bits per heavy atom. The molecule has 5 nitrogen and oxygen atoms in total. The zero-order valence-electron chi connectivity index (χ0n) is 14.6. The van der Waals surface area contributed by atoms with E-state index in [9.17, 15) is 13.2 Å². The van der Waals surface area contributed by atoms with Crippen LogP contribution < -0.4 is 0 Å². The van der Waals surface area contributed by atoms with Crippen LogP contribution in [0.25, 0.3) is 0 Å². The van der Waals surface area contributed by atoms with Crippen LogP contribution in [0.15, 0.2) is 59.5 Å². The fourth-order valence-corrected chi connectivity index (χ4v) is 4.59. The summed E-state index contributed by atoms with van der Waals surface area (Å²) in [6, 6.07) is 16.1. The molecule has 2 aromatic carbocycles. The molecular formula is C20H23NO4S. The van der Waals surface area contributed by atoms with Crippen molar-refractivity contribution in [1.82, 2.24) is 4.31 Å². The molecule has 2 aromatic rings. The lowest BCUT2D eigenvalue weighted by atomic mass is 10.1. The highest BCUT2D eigenvalue weighted by molar-refractivity contribution is 7.89. The molecule has 3 rings (SSSR count). The Labute approximate surface area is 154 Å². The second kappa shape index (κ2) is 8.47. The highest BCUT2D eigenvalue weighted by Gasteiger charge is 2.27. The summed E-state index contributed by atoms with van der Waals surface area (Å²) >= 11 is 0. The molecule has 6 heteroatoms. The summed E-state index contributed by atoms with van der Waals surface area (Å²) < 4.78 is 32.0. The van der Waals surface area contributed by atoms with Crippen molar-refractivity contribution in [3.05, 3.63) is 65.7 Å². The van der Waals surface area contributed by atoms with Crippen molar-refractivity contribution in [2.75, 3.05) is 19.7 Å². The molecule has 0 atom stereocenters. The Kier molecular flexibility index (Phi) is 6.06. The summed E-state index contributed by atoms with van der Waals surface area (Å²) in [5.74, 6) is -0.489. The average molecular weight is 373 g/mol. The summed E-state index contributed by atoms with van der Waals surface area (Å²) in [5.41, 5.74) is 1.47. The number of hydrogen-bond acceptors (Lipinski definition) is 4. The van der Waals surface area contributed by atoms with E-state index in [-0.39, 0.29) is 10.5 Å². The molecule has 1 aliphatic heterocycles. The Morgan fingerprint density at radius 1 is 1.00 bits per heavy atom. The Balaban J connectivity index is 1.58. The average Bonchev–Trinajstić information content (AvgIpc) is 3.22. The van der Waals surface area contributed by atoms with Gasteiger partial charge in [0.25, 0.3) is 0 Å². The van der Waals surface area contributed by atoms with Gasteiger partial charge in [-0.15, -0.1) is 0 Å². The molecule has 0 spiro atoms. The summed E-state index contributed by atoms with van der Waals surface area (Å²) in [4.78, 5) is 12.4. The van der Waals surface area contributed by atoms with Crippen LogP contribution >= 0.6 is 0 Å². The third kappa shape index (κ3) is 4.51. The quantitative estimate of drug-likeness (QED) is 0.552. The van der Waals surface area contributed by atoms with Crippen molar-refractivity contribution >= 4 is 16.0 Å². The predicted octanol–water partition coefficient (Wildman–Crippen LogP) is 3.26. The number of ether oxygens (including phenoxy) is 1. The fraction of sp³-hybridized carbons (Fsp3) is 0.350. The number of nitrogens with zero attached hydrogens (tertiary/aromatic N) is 1. The largest absolute Gasteiger partial charge is 0.462 e. The van der Waals surface area contributed by atoms with E-state index >= 15 is 0 Å². The fourth-order valence-electron chi connectivity index (χ4n) is 3.03. The maximum absolute atomic E-state index is 12.6. The first-order chi connectivity index (χ1) is 12.6. The van der Waals surface area contributed by atoms with Gasteiger partial charge >= 0.3 is 5.97 Å². The Hall–Kier alpha value is -2.18. The molecule has 0 aromatic heterocycles. The van der Waals surface area contributed by atoms with Crippen molar-refractivity contribution in [2.45, 2.75) is 30.6 Å². The first-order valence-electron chi connectivity index (χ1n) is 8.89. The van der Waals surface area contributed by atoms with Gasteiger partial charge in [0.1, 0.15) is 0 Å². The van der Waals surface area contributed by atoms with E-state index in [2.05, 4.69) is 0 Å². The highest BCUT2D eigenvalue weighted by Crippen LogP contribution is 2.21. The van der Waals surface area contributed by atoms with Gasteiger partial charge in [-0.05, 0) is 49.4 Å². The molecule has 138 valence electrons. The summed E-state index contributed by atoms with van der Waals surface area (Å²) in [6.45, 7) is 1.38. The van der Waals surface area contributed by atoms with Crippen LogP contribution in [0.3, 0.4) is 0 Å². The number of benzene rings is 2. The maximum Gasteiger partial charge on any atom is 0.338 e. The lowest BCUT2D eigenvalue weighted by Crippen LogP contribution is -2.28. The smallest absolute Gasteiger partial charge is 0.338 e. The van der Waals surface area contributed by atoms with Gasteiger partial charge in [-0.2, -0.15) is 4.31 Å². The van der Waals surface area contributed by atoms with Crippen LogP contribution in [-0.4, -0.2) is 38.4 Å². The summed E-state index contributed by atoms with van der Waals surface area (Å²) in [6.07, 6.45) is 3.31. The molecule has 1 fully saturated rings. The summed E-state index contributed by atoms with van der Waals surface area (Å²) in [7, 11) is -3.53. The molecular weight excluding hydrogens is 350 g/mol. The number of esters is 1. The van der Waals surface area contributed by atoms with Crippen LogP contribution in [0, 0.1) is 0 Å². The molecule has 0 unspecified atom stereocenters. The second-order valence-electron chi connectivity index (χ2n) is 6.36. The third-order valence-electron chi connectivity index (χ3n) is 4.46. The van der Waals surface area contributed by atoms with E-state index in [1.807, 2.05) is 30.3 Å². The maximum atomic E-state index is 12.6. The minimum atomic E-state index is -3.53. The first kappa shape index (κ1) is 18.6. The van der Waals surface area contributed by atoms with E-state index in [4.69, 9.17) is 4.74 Å². The van der Waals surface area contributed by atoms with Gasteiger partial charge in [0.05, 0.1) is 17.1 Å². The van der Waals surface area contributed by atoms with Gasteiger partial charge < -0.3 is 4.74 Å². The number of carbonyl (C=O) groups is 1. The lowest BCUT2D eigenvalue weighted by molar-refractivity contribution is 0.0500. The molecule has 0 N–H and O–H groups in total. The van der Waals surface area contributed by atoms with Gasteiger partial charge in [-0.25, -0.2) is 13.2 Å². The third-order valence-corrected chi connectivity index (χ3v) is 6.35. The molecule has 26 heavy (non-hydrogen) atoms. The Morgan fingerprint density at radius 2 is 1.73 bits per heavy atom. The van der Waals surface area contributed by atoms with Crippen LogP contribution in [0.1, 0.15) is 35.2 Å². The number of sulfonamides is 1. The van der Waals surface area contributed by atoms with Crippen molar-refractivity contribution in [2.24, 2.45) is 0 Å². The van der Waals surface area contributed by atoms with Crippen LogP contribution in [-0.2, 0) is 21.2 Å². The topological polar surface area (TPSA) is 63.7 Å². The predicted molar refractivity (Wildman–Crippen MR) is 99.5 cm³/mol. The van der Waals surface area contributed by atoms with Gasteiger partial charge in [-0.3, -0.25) is 0 Å². The van der Waals surface area contributed by atoms with Gasteiger partial charge in [0, 0.05) is 13.1 Å².